The maximum Gasteiger partial charge on any atom is 0.330 e. The summed E-state index contributed by atoms with van der Waals surface area (Å²) in [4.78, 5) is 21.9. The predicted molar refractivity (Wildman–Crippen MR) is 133 cm³/mol. The van der Waals surface area contributed by atoms with E-state index in [-0.39, 0.29) is 11.9 Å². The van der Waals surface area contributed by atoms with E-state index in [1.807, 2.05) is 48.5 Å². The van der Waals surface area contributed by atoms with Gasteiger partial charge in [-0.05, 0) is 73.9 Å². The third kappa shape index (κ3) is 10.9. The molecule has 0 N–H and O–H groups in total. The number of hydrogen-bond donors (Lipinski definition) is 0. The van der Waals surface area contributed by atoms with Crippen molar-refractivity contribution in [2.24, 2.45) is 0 Å². The monoisotopic (exact) mass is 466 g/mol. The molecule has 0 radical (unpaired) electrons. The van der Waals surface area contributed by atoms with Crippen LogP contribution in [-0.4, -0.2) is 38.4 Å². The highest BCUT2D eigenvalue weighted by Gasteiger charge is 2.02. The molecule has 0 aliphatic heterocycles. The summed E-state index contributed by atoms with van der Waals surface area (Å²) in [6.07, 6.45) is 7.64. The average molecular weight is 467 g/mol. The van der Waals surface area contributed by atoms with Gasteiger partial charge < -0.3 is 18.9 Å². The van der Waals surface area contributed by atoms with Gasteiger partial charge in [0, 0.05) is 12.2 Å². The van der Waals surface area contributed by atoms with Crippen LogP contribution in [0.1, 0.15) is 38.5 Å². The van der Waals surface area contributed by atoms with Crippen LogP contribution in [0, 0.1) is 0 Å². The van der Waals surface area contributed by atoms with Gasteiger partial charge in [0.25, 0.3) is 0 Å². The lowest BCUT2D eigenvalue weighted by Gasteiger charge is -2.09. The quantitative estimate of drug-likeness (QED) is 0.164. The fraction of sp³-hybridized carbons (Fsp3) is 0.357. The van der Waals surface area contributed by atoms with Gasteiger partial charge in [-0.3, -0.25) is 0 Å². The van der Waals surface area contributed by atoms with E-state index in [0.29, 0.717) is 26.4 Å². The Bertz CT molecular complexity index is 811. The summed E-state index contributed by atoms with van der Waals surface area (Å²) in [7, 11) is 0. The molecule has 0 atom stereocenters. The summed E-state index contributed by atoms with van der Waals surface area (Å²) >= 11 is 0. The maximum atomic E-state index is 11.0. The van der Waals surface area contributed by atoms with E-state index < -0.39 is 0 Å². The van der Waals surface area contributed by atoms with Gasteiger partial charge >= 0.3 is 11.9 Å². The number of rotatable bonds is 17. The Labute approximate surface area is 202 Å². The lowest BCUT2D eigenvalue weighted by molar-refractivity contribution is -0.138. The minimum atomic E-state index is -0.379. The van der Waals surface area contributed by atoms with Gasteiger partial charge in [-0.25, -0.2) is 9.59 Å². The topological polar surface area (TPSA) is 71.1 Å². The first-order chi connectivity index (χ1) is 16.6. The molecule has 182 valence electrons. The molecule has 0 fully saturated rings. The van der Waals surface area contributed by atoms with E-state index in [4.69, 9.17) is 18.9 Å². The van der Waals surface area contributed by atoms with Crippen LogP contribution >= 0.6 is 0 Å². The van der Waals surface area contributed by atoms with Gasteiger partial charge in [-0.15, -0.1) is 0 Å². The number of esters is 2. The van der Waals surface area contributed by atoms with Gasteiger partial charge in [0.05, 0.1) is 26.4 Å². The number of carbonyl (C=O) groups is 2. The van der Waals surface area contributed by atoms with Crippen LogP contribution in [0.15, 0.2) is 73.8 Å². The second-order valence-electron chi connectivity index (χ2n) is 7.61. The molecule has 0 spiro atoms. The van der Waals surface area contributed by atoms with Crippen LogP contribution in [0.25, 0.3) is 11.1 Å². The summed E-state index contributed by atoms with van der Waals surface area (Å²) in [5.74, 6) is 0.911. The third-order valence-electron chi connectivity index (χ3n) is 4.98. The van der Waals surface area contributed by atoms with E-state index in [9.17, 15) is 9.59 Å². The summed E-state index contributed by atoms with van der Waals surface area (Å²) in [5.41, 5.74) is 2.22. The molecule has 6 heteroatoms. The zero-order chi connectivity index (χ0) is 24.4. The molecule has 2 aromatic carbocycles. The van der Waals surface area contributed by atoms with Crippen LogP contribution in [0.2, 0.25) is 0 Å². The smallest absolute Gasteiger partial charge is 0.330 e. The highest BCUT2D eigenvalue weighted by molar-refractivity contribution is 5.81. The summed E-state index contributed by atoms with van der Waals surface area (Å²) < 4.78 is 21.5. The zero-order valence-electron chi connectivity index (χ0n) is 19.7. The minimum absolute atomic E-state index is 0.379. The van der Waals surface area contributed by atoms with Gasteiger partial charge in [0.2, 0.25) is 0 Å². The van der Waals surface area contributed by atoms with Crippen LogP contribution in [0.3, 0.4) is 0 Å². The molecule has 2 aromatic rings. The standard InChI is InChI=1S/C28H34O6/c1-3-27(29)33-21-9-5-7-19-31-25-15-11-23(12-16-25)24-13-17-26(18-14-24)32-20-8-6-10-22-34-28(30)4-2/h3-4,11-18H,1-2,5-10,19-22H2. The van der Waals surface area contributed by atoms with E-state index in [2.05, 4.69) is 13.2 Å². The largest absolute Gasteiger partial charge is 0.494 e. The van der Waals surface area contributed by atoms with E-state index >= 15 is 0 Å². The lowest BCUT2D eigenvalue weighted by Crippen LogP contribution is -2.03. The molecule has 0 aliphatic rings. The number of benzene rings is 2. The summed E-state index contributed by atoms with van der Waals surface area (Å²) in [6, 6.07) is 16.0. The number of hydrogen-bond acceptors (Lipinski definition) is 6. The van der Waals surface area contributed by atoms with Gasteiger partial charge in [0.15, 0.2) is 0 Å². The molecule has 0 saturated carbocycles. The molecule has 6 nitrogen and oxygen atoms in total. The van der Waals surface area contributed by atoms with E-state index in [0.717, 1.165) is 61.2 Å². The molecule has 0 aromatic heterocycles. The Hall–Kier alpha value is -3.54. The summed E-state index contributed by atoms with van der Waals surface area (Å²) in [6.45, 7) is 8.81. The normalized spacial score (nSPS) is 10.2. The van der Waals surface area contributed by atoms with Crippen molar-refractivity contribution in [1.82, 2.24) is 0 Å². The van der Waals surface area contributed by atoms with Crippen molar-refractivity contribution in [3.05, 3.63) is 73.8 Å². The molecule has 0 aliphatic carbocycles. The second kappa shape index (κ2) is 16.1. The molecular weight excluding hydrogens is 432 g/mol. The Morgan fingerprint density at radius 1 is 0.559 bits per heavy atom. The first-order valence-corrected chi connectivity index (χ1v) is 11.7. The fourth-order valence-electron chi connectivity index (χ4n) is 3.09. The fourth-order valence-corrected chi connectivity index (χ4v) is 3.09. The predicted octanol–water partition coefficient (Wildman–Crippen LogP) is 5.91. The first kappa shape index (κ1) is 26.7. The van der Waals surface area contributed by atoms with Crippen molar-refractivity contribution in [2.45, 2.75) is 38.5 Å². The molecule has 0 heterocycles. The van der Waals surface area contributed by atoms with Crippen molar-refractivity contribution in [1.29, 1.82) is 0 Å². The van der Waals surface area contributed by atoms with E-state index in [1.165, 1.54) is 12.2 Å². The molecule has 0 saturated heterocycles. The highest BCUT2D eigenvalue weighted by Crippen LogP contribution is 2.25. The van der Waals surface area contributed by atoms with Crippen LogP contribution < -0.4 is 9.47 Å². The number of unbranched alkanes of at least 4 members (excludes halogenated alkanes) is 4. The molecular formula is C28H34O6. The number of ether oxygens (including phenoxy) is 4. The summed E-state index contributed by atoms with van der Waals surface area (Å²) in [5, 5.41) is 0. The molecule has 34 heavy (non-hydrogen) atoms. The van der Waals surface area contributed by atoms with Crippen LogP contribution in [0.4, 0.5) is 0 Å². The molecule has 0 amide bonds. The number of carbonyl (C=O) groups excluding carboxylic acids is 2. The van der Waals surface area contributed by atoms with Crippen molar-refractivity contribution < 1.29 is 28.5 Å². The van der Waals surface area contributed by atoms with Crippen LogP contribution in [-0.2, 0) is 19.1 Å². The van der Waals surface area contributed by atoms with Crippen molar-refractivity contribution in [3.63, 3.8) is 0 Å². The average Bonchev–Trinajstić information content (AvgIpc) is 2.88. The third-order valence-corrected chi connectivity index (χ3v) is 4.98. The molecule has 0 bridgehead atoms. The van der Waals surface area contributed by atoms with Crippen molar-refractivity contribution in [2.75, 3.05) is 26.4 Å². The first-order valence-electron chi connectivity index (χ1n) is 11.7. The Morgan fingerprint density at radius 2 is 0.912 bits per heavy atom. The Morgan fingerprint density at radius 3 is 1.26 bits per heavy atom. The lowest BCUT2D eigenvalue weighted by atomic mass is 10.1. The minimum Gasteiger partial charge on any atom is -0.494 e. The highest BCUT2D eigenvalue weighted by atomic mass is 16.5. The van der Waals surface area contributed by atoms with Gasteiger partial charge in [0.1, 0.15) is 11.5 Å². The SMILES string of the molecule is C=CC(=O)OCCCCCOc1ccc(-c2ccc(OCCCCCOC(=O)C=C)cc2)cc1. The zero-order valence-corrected chi connectivity index (χ0v) is 19.7. The van der Waals surface area contributed by atoms with E-state index in [1.54, 1.807) is 0 Å². The van der Waals surface area contributed by atoms with Gasteiger partial charge in [-0.2, -0.15) is 0 Å². The van der Waals surface area contributed by atoms with Crippen molar-refractivity contribution >= 4 is 11.9 Å². The van der Waals surface area contributed by atoms with Crippen LogP contribution in [0.5, 0.6) is 11.5 Å². The van der Waals surface area contributed by atoms with Crippen molar-refractivity contribution in [3.8, 4) is 22.6 Å². The van der Waals surface area contributed by atoms with Gasteiger partial charge in [-0.1, -0.05) is 37.4 Å². The Kier molecular flexibility index (Phi) is 12.7. The molecule has 2 rings (SSSR count). The molecule has 0 unspecified atom stereocenters. The Balaban J connectivity index is 1.62. The second-order valence-corrected chi connectivity index (χ2v) is 7.61. The maximum absolute atomic E-state index is 11.0.